The van der Waals surface area contributed by atoms with E-state index in [1.165, 1.54) is 6.08 Å². The topological polar surface area (TPSA) is 35.5 Å². The van der Waals surface area contributed by atoms with Crippen molar-refractivity contribution in [2.75, 3.05) is 7.11 Å². The van der Waals surface area contributed by atoms with E-state index in [0.29, 0.717) is 5.92 Å². The minimum Gasteiger partial charge on any atom is -0.497 e. The molecule has 0 N–H and O–H groups in total. The SMILES string of the molecule is COc1ccc(/C=C/C(=O)OC(C)C)c(C(C)C)c1. The van der Waals surface area contributed by atoms with Gasteiger partial charge in [-0.1, -0.05) is 19.9 Å². The molecule has 3 nitrogen and oxygen atoms in total. The number of carbonyl (C=O) groups excluding carboxylic acids is 1. The summed E-state index contributed by atoms with van der Waals surface area (Å²) in [5.41, 5.74) is 2.16. The van der Waals surface area contributed by atoms with Gasteiger partial charge in [0.15, 0.2) is 0 Å². The number of hydrogen-bond acceptors (Lipinski definition) is 3. The van der Waals surface area contributed by atoms with Crippen LogP contribution in [0.1, 0.15) is 44.7 Å². The lowest BCUT2D eigenvalue weighted by atomic mass is 9.96. The van der Waals surface area contributed by atoms with Gasteiger partial charge in [0.25, 0.3) is 0 Å². The largest absolute Gasteiger partial charge is 0.497 e. The van der Waals surface area contributed by atoms with Crippen molar-refractivity contribution in [1.29, 1.82) is 0 Å². The van der Waals surface area contributed by atoms with Crippen LogP contribution in [0.4, 0.5) is 0 Å². The molecule has 1 rings (SSSR count). The Morgan fingerprint density at radius 2 is 1.89 bits per heavy atom. The first-order valence-corrected chi connectivity index (χ1v) is 6.50. The highest BCUT2D eigenvalue weighted by Gasteiger charge is 2.07. The van der Waals surface area contributed by atoms with Crippen LogP contribution in [0.15, 0.2) is 24.3 Å². The van der Waals surface area contributed by atoms with Crippen molar-refractivity contribution in [3.8, 4) is 5.75 Å². The van der Waals surface area contributed by atoms with Gasteiger partial charge in [0.1, 0.15) is 5.75 Å². The Morgan fingerprint density at radius 3 is 2.42 bits per heavy atom. The van der Waals surface area contributed by atoms with E-state index in [0.717, 1.165) is 16.9 Å². The fourth-order valence-electron chi connectivity index (χ4n) is 1.76. The highest BCUT2D eigenvalue weighted by molar-refractivity contribution is 5.87. The Morgan fingerprint density at radius 1 is 1.21 bits per heavy atom. The minimum atomic E-state index is -0.319. The summed E-state index contributed by atoms with van der Waals surface area (Å²) in [6.07, 6.45) is 3.16. The third-order valence-electron chi connectivity index (χ3n) is 2.67. The Balaban J connectivity index is 2.94. The van der Waals surface area contributed by atoms with Crippen molar-refractivity contribution >= 4 is 12.0 Å². The van der Waals surface area contributed by atoms with E-state index in [2.05, 4.69) is 13.8 Å². The molecular weight excluding hydrogens is 240 g/mol. The predicted molar refractivity (Wildman–Crippen MR) is 77.3 cm³/mol. The summed E-state index contributed by atoms with van der Waals surface area (Å²) >= 11 is 0. The summed E-state index contributed by atoms with van der Waals surface area (Å²) in [5.74, 6) is 0.863. The second-order valence-electron chi connectivity index (χ2n) is 4.97. The standard InChI is InChI=1S/C16H22O3/c1-11(2)15-10-14(18-5)8-6-13(15)7-9-16(17)19-12(3)4/h6-12H,1-5H3/b9-7+. The molecule has 0 fully saturated rings. The highest BCUT2D eigenvalue weighted by Crippen LogP contribution is 2.25. The van der Waals surface area contributed by atoms with Crippen LogP contribution in [0.5, 0.6) is 5.75 Å². The van der Waals surface area contributed by atoms with Crippen LogP contribution in [0.25, 0.3) is 6.08 Å². The van der Waals surface area contributed by atoms with Crippen LogP contribution < -0.4 is 4.74 Å². The Labute approximate surface area is 115 Å². The monoisotopic (exact) mass is 262 g/mol. The van der Waals surface area contributed by atoms with E-state index in [1.54, 1.807) is 13.2 Å². The third kappa shape index (κ3) is 4.78. The van der Waals surface area contributed by atoms with E-state index < -0.39 is 0 Å². The molecule has 0 bridgehead atoms. The normalized spacial score (nSPS) is 11.3. The van der Waals surface area contributed by atoms with Crippen molar-refractivity contribution in [2.45, 2.75) is 39.7 Å². The molecule has 0 atom stereocenters. The maximum atomic E-state index is 11.5. The molecule has 3 heteroatoms. The number of ether oxygens (including phenoxy) is 2. The molecule has 19 heavy (non-hydrogen) atoms. The van der Waals surface area contributed by atoms with Crippen molar-refractivity contribution in [3.63, 3.8) is 0 Å². The lowest BCUT2D eigenvalue weighted by Crippen LogP contribution is -2.08. The van der Waals surface area contributed by atoms with Gasteiger partial charge in [-0.3, -0.25) is 0 Å². The lowest BCUT2D eigenvalue weighted by Gasteiger charge is -2.12. The molecule has 0 aliphatic carbocycles. The molecule has 0 aliphatic heterocycles. The molecule has 0 aromatic heterocycles. The van der Waals surface area contributed by atoms with Crippen LogP contribution in [-0.2, 0) is 9.53 Å². The smallest absolute Gasteiger partial charge is 0.331 e. The summed E-state index contributed by atoms with van der Waals surface area (Å²) in [7, 11) is 1.65. The molecule has 0 amide bonds. The quantitative estimate of drug-likeness (QED) is 0.598. The summed E-state index contributed by atoms with van der Waals surface area (Å²) < 4.78 is 10.3. The van der Waals surface area contributed by atoms with Crippen molar-refractivity contribution in [1.82, 2.24) is 0 Å². The Hall–Kier alpha value is -1.77. The van der Waals surface area contributed by atoms with Crippen LogP contribution in [0.2, 0.25) is 0 Å². The van der Waals surface area contributed by atoms with Gasteiger partial charge in [-0.05, 0) is 49.1 Å². The zero-order valence-electron chi connectivity index (χ0n) is 12.3. The van der Waals surface area contributed by atoms with Crippen molar-refractivity contribution < 1.29 is 14.3 Å². The summed E-state index contributed by atoms with van der Waals surface area (Å²) in [5, 5.41) is 0. The molecule has 1 aromatic rings. The van der Waals surface area contributed by atoms with Gasteiger partial charge in [0, 0.05) is 6.08 Å². The van der Waals surface area contributed by atoms with Gasteiger partial charge in [0.05, 0.1) is 13.2 Å². The second-order valence-corrected chi connectivity index (χ2v) is 4.97. The fraction of sp³-hybridized carbons (Fsp3) is 0.438. The van der Waals surface area contributed by atoms with E-state index in [9.17, 15) is 4.79 Å². The molecule has 0 saturated carbocycles. The van der Waals surface area contributed by atoms with Crippen molar-refractivity contribution in [2.24, 2.45) is 0 Å². The average Bonchev–Trinajstić information content (AvgIpc) is 2.35. The maximum absolute atomic E-state index is 11.5. The number of methoxy groups -OCH3 is 1. The van der Waals surface area contributed by atoms with Gasteiger partial charge < -0.3 is 9.47 Å². The van der Waals surface area contributed by atoms with E-state index in [-0.39, 0.29) is 12.1 Å². The van der Waals surface area contributed by atoms with E-state index >= 15 is 0 Å². The molecular formula is C16H22O3. The zero-order valence-corrected chi connectivity index (χ0v) is 12.3. The molecule has 0 saturated heterocycles. The average molecular weight is 262 g/mol. The zero-order chi connectivity index (χ0) is 14.4. The van der Waals surface area contributed by atoms with Gasteiger partial charge in [0.2, 0.25) is 0 Å². The molecule has 0 aliphatic rings. The van der Waals surface area contributed by atoms with Crippen LogP contribution >= 0.6 is 0 Å². The van der Waals surface area contributed by atoms with Crippen LogP contribution in [-0.4, -0.2) is 19.2 Å². The fourth-order valence-corrected chi connectivity index (χ4v) is 1.76. The van der Waals surface area contributed by atoms with Gasteiger partial charge in [-0.25, -0.2) is 4.79 Å². The maximum Gasteiger partial charge on any atom is 0.331 e. The summed E-state index contributed by atoms with van der Waals surface area (Å²) in [4.78, 5) is 11.5. The molecule has 0 spiro atoms. The number of rotatable bonds is 5. The third-order valence-corrected chi connectivity index (χ3v) is 2.67. The molecule has 0 unspecified atom stereocenters. The predicted octanol–water partition coefficient (Wildman–Crippen LogP) is 3.78. The Kier molecular flexibility index (Phi) is 5.61. The second kappa shape index (κ2) is 6.98. The van der Waals surface area contributed by atoms with Crippen LogP contribution in [0.3, 0.4) is 0 Å². The number of carbonyl (C=O) groups is 1. The number of benzene rings is 1. The first kappa shape index (κ1) is 15.3. The lowest BCUT2D eigenvalue weighted by molar-refractivity contribution is -0.141. The summed E-state index contributed by atoms with van der Waals surface area (Å²) in [6.45, 7) is 7.88. The molecule has 0 radical (unpaired) electrons. The van der Waals surface area contributed by atoms with Gasteiger partial charge in [-0.15, -0.1) is 0 Å². The van der Waals surface area contributed by atoms with Crippen molar-refractivity contribution in [3.05, 3.63) is 35.4 Å². The van der Waals surface area contributed by atoms with E-state index in [4.69, 9.17) is 9.47 Å². The first-order valence-electron chi connectivity index (χ1n) is 6.50. The van der Waals surface area contributed by atoms with Gasteiger partial charge >= 0.3 is 5.97 Å². The minimum absolute atomic E-state index is 0.0995. The number of hydrogen-bond donors (Lipinski definition) is 0. The van der Waals surface area contributed by atoms with E-state index in [1.807, 2.05) is 32.0 Å². The highest BCUT2D eigenvalue weighted by atomic mass is 16.5. The Bertz CT molecular complexity index is 459. The summed E-state index contributed by atoms with van der Waals surface area (Å²) in [6, 6.07) is 5.84. The van der Waals surface area contributed by atoms with Gasteiger partial charge in [-0.2, -0.15) is 0 Å². The molecule has 1 aromatic carbocycles. The van der Waals surface area contributed by atoms with Crippen LogP contribution in [0, 0.1) is 0 Å². The molecule has 0 heterocycles. The molecule has 104 valence electrons. The first-order chi connectivity index (χ1) is 8.93. The number of esters is 1.